The van der Waals surface area contributed by atoms with Crippen LogP contribution < -0.4 is 5.32 Å². The van der Waals surface area contributed by atoms with Crippen LogP contribution in [0.15, 0.2) is 18.2 Å². The largest absolute Gasteiger partial charge is 0.481 e. The van der Waals surface area contributed by atoms with Gasteiger partial charge in [0.05, 0.1) is 5.92 Å². The summed E-state index contributed by atoms with van der Waals surface area (Å²) in [5.74, 6) is -5.51. The molecule has 26 heavy (non-hydrogen) atoms. The Hall–Kier alpha value is -2.51. The van der Waals surface area contributed by atoms with Gasteiger partial charge >= 0.3 is 5.97 Å². The molecule has 0 radical (unpaired) electrons. The van der Waals surface area contributed by atoms with Gasteiger partial charge in [-0.3, -0.25) is 14.4 Å². The number of amides is 2. The fourth-order valence-corrected chi connectivity index (χ4v) is 3.20. The zero-order valence-corrected chi connectivity index (χ0v) is 14.8. The molecule has 0 bridgehead atoms. The van der Waals surface area contributed by atoms with E-state index in [-0.39, 0.29) is 12.5 Å². The minimum atomic E-state index is -1.02. The molecule has 3 unspecified atom stereocenters. The van der Waals surface area contributed by atoms with Crippen LogP contribution in [0.1, 0.15) is 37.6 Å². The van der Waals surface area contributed by atoms with Crippen LogP contribution in [0.3, 0.4) is 0 Å². The van der Waals surface area contributed by atoms with E-state index < -0.39 is 53.0 Å². The molecule has 1 aromatic carbocycles. The summed E-state index contributed by atoms with van der Waals surface area (Å²) in [6, 6.07) is 1.53. The molecule has 1 fully saturated rings. The molecule has 2 rings (SSSR count). The van der Waals surface area contributed by atoms with Crippen molar-refractivity contribution in [1.82, 2.24) is 10.2 Å². The summed E-state index contributed by atoms with van der Waals surface area (Å²) < 4.78 is 27.6. The highest BCUT2D eigenvalue weighted by Gasteiger charge is 2.41. The fraction of sp³-hybridized carbons (Fsp3) is 0.500. The van der Waals surface area contributed by atoms with Crippen molar-refractivity contribution in [2.45, 2.75) is 39.3 Å². The number of nitrogens with zero attached hydrogens (tertiary/aromatic N) is 1. The number of hydrogen-bond donors (Lipinski definition) is 2. The van der Waals surface area contributed by atoms with Crippen LogP contribution in [0.25, 0.3) is 0 Å². The topological polar surface area (TPSA) is 86.7 Å². The Kier molecular flexibility index (Phi) is 5.94. The predicted molar refractivity (Wildman–Crippen MR) is 89.4 cm³/mol. The minimum Gasteiger partial charge on any atom is -0.481 e. The first-order valence-electron chi connectivity index (χ1n) is 8.43. The molecule has 1 aliphatic rings. The van der Waals surface area contributed by atoms with E-state index in [0.717, 1.165) is 18.2 Å². The van der Waals surface area contributed by atoms with Crippen molar-refractivity contribution >= 4 is 17.8 Å². The van der Waals surface area contributed by atoms with Crippen LogP contribution in [-0.4, -0.2) is 46.4 Å². The molecule has 0 spiro atoms. The molecule has 2 N–H and O–H groups in total. The number of aliphatic carboxylic acids is 1. The van der Waals surface area contributed by atoms with Crippen molar-refractivity contribution in [3.05, 3.63) is 35.4 Å². The molecule has 0 saturated carbocycles. The van der Waals surface area contributed by atoms with Gasteiger partial charge < -0.3 is 15.3 Å². The van der Waals surface area contributed by atoms with E-state index >= 15 is 0 Å². The molecule has 3 atom stereocenters. The normalized spacial score (nSPS) is 20.9. The third-order valence-corrected chi connectivity index (χ3v) is 4.76. The highest BCUT2D eigenvalue weighted by atomic mass is 19.1. The van der Waals surface area contributed by atoms with Crippen molar-refractivity contribution in [1.29, 1.82) is 0 Å². The number of carbonyl (C=O) groups excluding carboxylic acids is 2. The van der Waals surface area contributed by atoms with Crippen LogP contribution in [0.4, 0.5) is 8.78 Å². The Labute approximate surface area is 150 Å². The average Bonchev–Trinajstić information content (AvgIpc) is 2.93. The van der Waals surface area contributed by atoms with Crippen molar-refractivity contribution in [2.75, 3.05) is 6.54 Å². The molecular formula is C18H22F2N2O4. The molecule has 1 saturated heterocycles. The van der Waals surface area contributed by atoms with E-state index in [2.05, 4.69) is 5.32 Å². The monoisotopic (exact) mass is 368 g/mol. The summed E-state index contributed by atoms with van der Waals surface area (Å²) in [6.45, 7) is 5.27. The first-order valence-corrected chi connectivity index (χ1v) is 8.43. The van der Waals surface area contributed by atoms with Crippen molar-refractivity contribution in [3.63, 3.8) is 0 Å². The van der Waals surface area contributed by atoms with Gasteiger partial charge in [-0.1, -0.05) is 19.9 Å². The maximum atomic E-state index is 13.8. The minimum absolute atomic E-state index is 0.254. The van der Waals surface area contributed by atoms with Gasteiger partial charge in [-0.25, -0.2) is 8.78 Å². The molecule has 0 aromatic heterocycles. The summed E-state index contributed by atoms with van der Waals surface area (Å²) in [6.07, 6.45) is 0.322. The van der Waals surface area contributed by atoms with Gasteiger partial charge in [-0.2, -0.15) is 0 Å². The SMILES string of the molecule is CC(C)C(NC(=O)c1c(F)cccc1F)C(=O)N1CCC(C(=O)O)C1C. The van der Waals surface area contributed by atoms with E-state index in [1.165, 1.54) is 4.90 Å². The lowest BCUT2D eigenvalue weighted by molar-refractivity contribution is -0.143. The van der Waals surface area contributed by atoms with Gasteiger partial charge in [0.1, 0.15) is 23.2 Å². The van der Waals surface area contributed by atoms with E-state index in [1.807, 2.05) is 0 Å². The van der Waals surface area contributed by atoms with Gasteiger partial charge in [0, 0.05) is 12.6 Å². The number of carboxylic acid groups (broad SMARTS) is 1. The van der Waals surface area contributed by atoms with E-state index in [4.69, 9.17) is 0 Å². The quantitative estimate of drug-likeness (QED) is 0.833. The second-order valence-electron chi connectivity index (χ2n) is 6.80. The Morgan fingerprint density at radius 2 is 1.81 bits per heavy atom. The number of benzene rings is 1. The highest BCUT2D eigenvalue weighted by Crippen LogP contribution is 2.26. The molecule has 1 aromatic rings. The zero-order valence-electron chi connectivity index (χ0n) is 14.8. The average molecular weight is 368 g/mol. The van der Waals surface area contributed by atoms with Crippen LogP contribution in [0.5, 0.6) is 0 Å². The number of hydrogen-bond acceptors (Lipinski definition) is 3. The second kappa shape index (κ2) is 7.80. The van der Waals surface area contributed by atoms with Gasteiger partial charge in [0.25, 0.3) is 5.91 Å². The Morgan fingerprint density at radius 3 is 2.27 bits per heavy atom. The maximum Gasteiger partial charge on any atom is 0.308 e. The van der Waals surface area contributed by atoms with Crippen molar-refractivity contribution in [2.24, 2.45) is 11.8 Å². The number of nitrogens with one attached hydrogen (secondary N) is 1. The second-order valence-corrected chi connectivity index (χ2v) is 6.80. The lowest BCUT2D eigenvalue weighted by atomic mass is 9.99. The van der Waals surface area contributed by atoms with Crippen molar-refractivity contribution in [3.8, 4) is 0 Å². The van der Waals surface area contributed by atoms with Crippen molar-refractivity contribution < 1.29 is 28.3 Å². The van der Waals surface area contributed by atoms with Gasteiger partial charge in [-0.15, -0.1) is 0 Å². The summed E-state index contributed by atoms with van der Waals surface area (Å²) in [5, 5.41) is 11.6. The summed E-state index contributed by atoms with van der Waals surface area (Å²) >= 11 is 0. The number of carboxylic acids is 1. The van der Waals surface area contributed by atoms with E-state index in [9.17, 15) is 28.3 Å². The van der Waals surface area contributed by atoms with Crippen LogP contribution in [0.2, 0.25) is 0 Å². The maximum absolute atomic E-state index is 13.8. The first-order chi connectivity index (χ1) is 12.1. The number of halogens is 2. The fourth-order valence-electron chi connectivity index (χ4n) is 3.20. The third kappa shape index (κ3) is 3.84. The predicted octanol–water partition coefficient (Wildman–Crippen LogP) is 2.04. The van der Waals surface area contributed by atoms with E-state index in [0.29, 0.717) is 6.42 Å². The first kappa shape index (κ1) is 19.8. The molecule has 1 heterocycles. The van der Waals surface area contributed by atoms with Crippen LogP contribution >= 0.6 is 0 Å². The van der Waals surface area contributed by atoms with Crippen LogP contribution in [-0.2, 0) is 9.59 Å². The Balaban J connectivity index is 2.20. The summed E-state index contributed by atoms with van der Waals surface area (Å²) in [4.78, 5) is 37.8. The van der Waals surface area contributed by atoms with Gasteiger partial charge in [0.2, 0.25) is 5.91 Å². The molecular weight excluding hydrogens is 346 g/mol. The molecule has 6 nitrogen and oxygen atoms in total. The van der Waals surface area contributed by atoms with E-state index in [1.54, 1.807) is 20.8 Å². The Bertz CT molecular complexity index is 703. The summed E-state index contributed by atoms with van der Waals surface area (Å²) in [7, 11) is 0. The molecule has 2 amide bonds. The Morgan fingerprint density at radius 1 is 1.23 bits per heavy atom. The molecule has 8 heteroatoms. The molecule has 1 aliphatic heterocycles. The standard InChI is InChI=1S/C18H22F2N2O4/c1-9(2)15(17(24)22-8-7-11(10(22)3)18(25)26)21-16(23)14-12(19)5-4-6-13(14)20/h4-6,9-11,15H,7-8H2,1-3H3,(H,21,23)(H,25,26). The summed E-state index contributed by atoms with van der Waals surface area (Å²) in [5.41, 5.74) is -0.746. The molecule has 142 valence electrons. The molecule has 0 aliphatic carbocycles. The van der Waals surface area contributed by atoms with Gasteiger partial charge in [-0.05, 0) is 31.4 Å². The number of rotatable bonds is 5. The lowest BCUT2D eigenvalue weighted by Gasteiger charge is -2.30. The van der Waals surface area contributed by atoms with Crippen LogP contribution in [0, 0.1) is 23.5 Å². The number of likely N-dealkylation sites (tertiary alicyclic amines) is 1. The highest BCUT2D eigenvalue weighted by molar-refractivity contribution is 5.98. The number of carbonyl (C=O) groups is 3. The van der Waals surface area contributed by atoms with Gasteiger partial charge in [0.15, 0.2) is 0 Å². The smallest absolute Gasteiger partial charge is 0.308 e. The zero-order chi connectivity index (χ0) is 19.6. The third-order valence-electron chi connectivity index (χ3n) is 4.76. The lowest BCUT2D eigenvalue weighted by Crippen LogP contribution is -2.53.